The number of pyridine rings is 4. The molecule has 18 heteroatoms. The Kier molecular flexibility index (Phi) is 25.6. The molecule has 4 heterocycles. The largest absolute Gasteiger partial charge is 3.00 e. The minimum absolute atomic E-state index is 0. The van der Waals surface area contributed by atoms with Gasteiger partial charge in [-0.05, 0) is 76.2 Å². The van der Waals surface area contributed by atoms with E-state index in [1.807, 2.05) is 100 Å². The molecule has 0 radical (unpaired) electrons. The van der Waals surface area contributed by atoms with Gasteiger partial charge in [0.1, 0.15) is 0 Å². The second-order valence-corrected chi connectivity index (χ2v) is 8.92. The van der Waals surface area contributed by atoms with Gasteiger partial charge >= 0.3 is 44.8 Å². The van der Waals surface area contributed by atoms with Crippen LogP contribution in [0, 0.1) is 48.2 Å². The van der Waals surface area contributed by atoms with Crippen molar-refractivity contribution in [2.75, 3.05) is 0 Å². The van der Waals surface area contributed by atoms with Crippen LogP contribution >= 0.6 is 0 Å². The van der Waals surface area contributed by atoms with E-state index in [4.69, 9.17) is 37.3 Å². The fourth-order valence-corrected chi connectivity index (χ4v) is 2.74. The first kappa shape index (κ1) is 47.2. The number of hydrogen-bond donors (Lipinski definition) is 0. The second kappa shape index (κ2) is 22.8. The smallest absolute Gasteiger partial charge is 2.00 e. The molecule has 236 valence electrons. The third-order valence-electron chi connectivity index (χ3n) is 4.08. The Bertz CT molecular complexity index is 1100. The molecule has 0 atom stereocenters. The van der Waals surface area contributed by atoms with Crippen molar-refractivity contribution in [3.8, 4) is 22.8 Å². The van der Waals surface area contributed by atoms with E-state index in [9.17, 15) is 0 Å². The van der Waals surface area contributed by atoms with E-state index in [2.05, 4.69) is 19.9 Å². The van der Waals surface area contributed by atoms with Crippen LogP contribution in [0.1, 0.15) is 22.8 Å². The van der Waals surface area contributed by atoms with Gasteiger partial charge in [-0.15, -0.1) is 20.5 Å². The van der Waals surface area contributed by atoms with Crippen molar-refractivity contribution < 1.29 is 113 Å². The van der Waals surface area contributed by atoms with Crippen LogP contribution in [0.15, 0.2) is 72.8 Å². The van der Waals surface area contributed by atoms with Crippen LogP contribution in [0.25, 0.3) is 22.8 Å². The molecule has 0 amide bonds. The van der Waals surface area contributed by atoms with Crippen molar-refractivity contribution in [3.05, 3.63) is 95.6 Å². The Hall–Kier alpha value is -1.74. The summed E-state index contributed by atoms with van der Waals surface area (Å²) in [6, 6.07) is 23.9. The molecule has 0 saturated carbocycles. The van der Waals surface area contributed by atoms with Crippen LogP contribution < -0.4 is 37.3 Å². The molecule has 0 aromatic carbocycles. The monoisotopic (exact) mass is 992 g/mol. The molecule has 0 spiro atoms. The first-order chi connectivity index (χ1) is 17.5. The summed E-state index contributed by atoms with van der Waals surface area (Å²) in [4.78, 5) is 17.7. The number of rotatable bonds is 2. The molecule has 4 aromatic rings. The molecule has 14 nitrogen and oxygen atoms in total. The van der Waals surface area contributed by atoms with Crippen molar-refractivity contribution in [3.63, 3.8) is 0 Å². The predicted molar refractivity (Wildman–Crippen MR) is 115 cm³/mol. The Morgan fingerprint density at radius 3 is 0.643 bits per heavy atom. The molecule has 0 aliphatic carbocycles. The Labute approximate surface area is 277 Å². The first-order valence-corrected chi connectivity index (χ1v) is 13.0. The summed E-state index contributed by atoms with van der Waals surface area (Å²) in [5.74, 6) is 0. The SMILES string of the molecule is Cc1cccc(-c2cccc(C)n2)n1.Cc1cccc(-c2cccc(C)n2)n1.[Au+3].[Au+3].[O-2].[O-2].[O-][Cl+3]([O-])([O-])[O-].[O-][Cl+3]([O-])([O-])[O-]. The summed E-state index contributed by atoms with van der Waals surface area (Å²) in [6.07, 6.45) is 0. The van der Waals surface area contributed by atoms with Gasteiger partial charge in [0, 0.05) is 22.8 Å². The Morgan fingerprint density at radius 1 is 0.381 bits per heavy atom. The summed E-state index contributed by atoms with van der Waals surface area (Å²) in [6.45, 7) is 7.94. The van der Waals surface area contributed by atoms with E-state index >= 15 is 0 Å². The van der Waals surface area contributed by atoms with Crippen molar-refractivity contribution in [1.29, 1.82) is 0 Å². The fourth-order valence-electron chi connectivity index (χ4n) is 2.74. The van der Waals surface area contributed by atoms with Crippen LogP contribution in [-0.2, 0) is 55.7 Å². The molecule has 0 N–H and O–H groups in total. The van der Waals surface area contributed by atoms with E-state index in [0.717, 1.165) is 45.6 Å². The summed E-state index contributed by atoms with van der Waals surface area (Å²) >= 11 is 0. The standard InChI is InChI=1S/2C12H12N2.2Au.2ClHO4.2O/c2*1-9-5-3-7-11(13-9)12-8-4-6-10(2)14-12;;;2*2-1(3,4)5;;/h2*3-8H,1-2H3;;;2*(H,2,3,4,5);;/q;;2*+3;;;2*-2/p-2. The van der Waals surface area contributed by atoms with E-state index in [0.29, 0.717) is 0 Å². The fraction of sp³-hybridized carbons (Fsp3) is 0.167. The zero-order valence-electron chi connectivity index (χ0n) is 22.2. The Balaban J connectivity index is -0.000000245. The molecule has 0 aliphatic rings. The third-order valence-corrected chi connectivity index (χ3v) is 4.08. The van der Waals surface area contributed by atoms with Gasteiger partial charge in [0.25, 0.3) is 0 Å². The summed E-state index contributed by atoms with van der Waals surface area (Å²) < 4.78 is 67.9. The van der Waals surface area contributed by atoms with E-state index < -0.39 is 20.5 Å². The van der Waals surface area contributed by atoms with Crippen LogP contribution in [0.4, 0.5) is 0 Å². The van der Waals surface area contributed by atoms with Crippen molar-refractivity contribution >= 4 is 0 Å². The maximum Gasteiger partial charge on any atom is 3.00 e. The van der Waals surface area contributed by atoms with Gasteiger partial charge in [0.15, 0.2) is 0 Å². The molecule has 0 fully saturated rings. The molecule has 0 saturated heterocycles. The van der Waals surface area contributed by atoms with Gasteiger partial charge in [0.05, 0.1) is 22.8 Å². The van der Waals surface area contributed by atoms with Gasteiger partial charge in [-0.3, -0.25) is 19.9 Å². The average molecular weight is 993 g/mol. The maximum atomic E-state index is 8.49. The minimum Gasteiger partial charge on any atom is -2.00 e. The van der Waals surface area contributed by atoms with Gasteiger partial charge in [0.2, 0.25) is 0 Å². The molecule has 0 aliphatic heterocycles. The number of aromatic nitrogens is 4. The van der Waals surface area contributed by atoms with Crippen molar-refractivity contribution in [2.45, 2.75) is 27.7 Å². The number of aryl methyl sites for hydroxylation is 4. The molecule has 0 unspecified atom stereocenters. The van der Waals surface area contributed by atoms with E-state index in [-0.39, 0.29) is 55.7 Å². The first-order valence-electron chi connectivity index (χ1n) is 10.5. The van der Waals surface area contributed by atoms with E-state index in [1.165, 1.54) is 0 Å². The zero-order valence-corrected chi connectivity index (χ0v) is 28.0. The van der Waals surface area contributed by atoms with Gasteiger partial charge in [-0.1, -0.05) is 24.3 Å². The summed E-state index contributed by atoms with van der Waals surface area (Å²) in [7, 11) is -9.89. The quantitative estimate of drug-likeness (QED) is 0.173. The number of halogens is 2. The second-order valence-electron chi connectivity index (χ2n) is 7.41. The van der Waals surface area contributed by atoms with Gasteiger partial charge in [-0.25, -0.2) is 37.3 Å². The average Bonchev–Trinajstić information content (AvgIpc) is 2.77. The summed E-state index contributed by atoms with van der Waals surface area (Å²) in [5.41, 5.74) is 7.83. The zero-order chi connectivity index (χ0) is 28.9. The normalized spacial score (nSPS) is 9.62. The molecule has 4 aromatic heterocycles. The van der Waals surface area contributed by atoms with Crippen molar-refractivity contribution in [2.24, 2.45) is 0 Å². The molecule has 42 heavy (non-hydrogen) atoms. The van der Waals surface area contributed by atoms with Gasteiger partial charge in [-0.2, -0.15) is 0 Å². The number of nitrogens with zero attached hydrogens (tertiary/aromatic N) is 4. The molecular weight excluding hydrogens is 969 g/mol. The van der Waals surface area contributed by atoms with Crippen LogP contribution in [0.3, 0.4) is 0 Å². The van der Waals surface area contributed by atoms with Crippen LogP contribution in [0.5, 0.6) is 0 Å². The molecular formula is C24H24Au2Cl2N4O10. The van der Waals surface area contributed by atoms with Crippen LogP contribution in [-0.4, -0.2) is 19.9 Å². The topological polar surface area (TPSA) is 293 Å². The summed E-state index contributed by atoms with van der Waals surface area (Å²) in [5, 5.41) is 0. The molecule has 4 rings (SSSR count). The molecule has 0 bridgehead atoms. The van der Waals surface area contributed by atoms with E-state index in [1.54, 1.807) is 0 Å². The predicted octanol–water partition coefficient (Wildman–Crippen LogP) is -4.23. The minimum atomic E-state index is -4.94. The Morgan fingerprint density at radius 2 is 0.524 bits per heavy atom. The third kappa shape index (κ3) is 24.8. The van der Waals surface area contributed by atoms with Crippen LogP contribution in [0.2, 0.25) is 0 Å². The van der Waals surface area contributed by atoms with Gasteiger partial charge < -0.3 is 11.0 Å². The maximum absolute atomic E-state index is 8.49. The van der Waals surface area contributed by atoms with Crippen molar-refractivity contribution in [1.82, 2.24) is 19.9 Å². The number of hydrogen-bond acceptors (Lipinski definition) is 12.